The van der Waals surface area contributed by atoms with Crippen molar-refractivity contribution in [3.05, 3.63) is 84.8 Å². The van der Waals surface area contributed by atoms with E-state index in [9.17, 15) is 4.79 Å². The molecule has 0 radical (unpaired) electrons. The number of hydrogen-bond donors (Lipinski definition) is 2. The van der Waals surface area contributed by atoms with Gasteiger partial charge >= 0.3 is 5.97 Å². The van der Waals surface area contributed by atoms with Crippen molar-refractivity contribution in [2.24, 2.45) is 0 Å². The van der Waals surface area contributed by atoms with Gasteiger partial charge in [-0.15, -0.1) is 0 Å². The van der Waals surface area contributed by atoms with Crippen LogP contribution in [-0.4, -0.2) is 51.8 Å². The van der Waals surface area contributed by atoms with Crippen molar-refractivity contribution in [2.45, 2.75) is 38.7 Å². The summed E-state index contributed by atoms with van der Waals surface area (Å²) in [6, 6.07) is 19.6. The van der Waals surface area contributed by atoms with Gasteiger partial charge in [-0.05, 0) is 67.1 Å². The maximum Gasteiger partial charge on any atom is 0.303 e. The zero-order chi connectivity index (χ0) is 27.7. The molecule has 1 atom stereocenters. The number of pyridine rings is 1. The van der Waals surface area contributed by atoms with Crippen molar-refractivity contribution in [3.8, 4) is 22.6 Å². The summed E-state index contributed by atoms with van der Waals surface area (Å²) >= 11 is 0. The van der Waals surface area contributed by atoms with Gasteiger partial charge in [-0.1, -0.05) is 36.4 Å². The van der Waals surface area contributed by atoms with Gasteiger partial charge in [0.15, 0.2) is 17.3 Å². The number of carboxylic acid groups (broad SMARTS) is 1. The summed E-state index contributed by atoms with van der Waals surface area (Å²) in [4.78, 5) is 26.9. The van der Waals surface area contributed by atoms with Crippen molar-refractivity contribution in [1.82, 2.24) is 15.0 Å². The third-order valence-electron chi connectivity index (χ3n) is 6.67. The normalized spacial score (nSPS) is 14.9. The third-order valence-corrected chi connectivity index (χ3v) is 6.67. The highest BCUT2D eigenvalue weighted by molar-refractivity contribution is 5.69. The Morgan fingerprint density at radius 2 is 1.90 bits per heavy atom. The van der Waals surface area contributed by atoms with Gasteiger partial charge in [0, 0.05) is 19.2 Å². The van der Waals surface area contributed by atoms with Gasteiger partial charge in [-0.2, -0.15) is 0 Å². The van der Waals surface area contributed by atoms with Crippen LogP contribution in [0.4, 0.5) is 17.5 Å². The standard InChI is InChI=1S/C31H33N5O4/c1-2-39-26-10-3-4-11-27(26)40-25-9-6-16-36(21-25)30-20-32-19-29(35-30)34-28-18-24(14-15-33-28)23-8-5-7-22(17-23)12-13-31(37)38/h3-5,7-8,10-11,14-15,17-20,25H,2,6,9,12-13,16,21H2,1H3,(H,37,38)(H,33,34,35). The lowest BCUT2D eigenvalue weighted by Crippen LogP contribution is -2.41. The average Bonchev–Trinajstić information content (AvgIpc) is 2.98. The summed E-state index contributed by atoms with van der Waals surface area (Å²) < 4.78 is 12.1. The maximum absolute atomic E-state index is 11.0. The number of carboxylic acids is 1. The van der Waals surface area contributed by atoms with Crippen molar-refractivity contribution in [3.63, 3.8) is 0 Å². The minimum absolute atomic E-state index is 0.0124. The summed E-state index contributed by atoms with van der Waals surface area (Å²) in [5.74, 6) is 2.74. The third kappa shape index (κ3) is 7.05. The van der Waals surface area contributed by atoms with Crippen molar-refractivity contribution >= 4 is 23.4 Å². The molecule has 0 aliphatic carbocycles. The number of piperidine rings is 1. The Morgan fingerprint density at radius 3 is 2.75 bits per heavy atom. The quantitative estimate of drug-likeness (QED) is 0.246. The van der Waals surface area contributed by atoms with Crippen LogP contribution in [0.3, 0.4) is 0 Å². The molecule has 206 valence electrons. The van der Waals surface area contributed by atoms with Crippen LogP contribution in [0, 0.1) is 0 Å². The number of ether oxygens (including phenoxy) is 2. The Labute approximate surface area is 233 Å². The number of benzene rings is 2. The first-order valence-corrected chi connectivity index (χ1v) is 13.6. The van der Waals surface area contributed by atoms with E-state index in [0.717, 1.165) is 53.4 Å². The van der Waals surface area contributed by atoms with Gasteiger partial charge in [-0.25, -0.2) is 9.97 Å². The summed E-state index contributed by atoms with van der Waals surface area (Å²) in [7, 11) is 0. The fraction of sp³-hybridized carbons (Fsp3) is 0.290. The first-order valence-electron chi connectivity index (χ1n) is 13.6. The average molecular weight is 540 g/mol. The van der Waals surface area contributed by atoms with Crippen LogP contribution in [0.5, 0.6) is 11.5 Å². The first-order chi connectivity index (χ1) is 19.6. The van der Waals surface area contributed by atoms with E-state index in [1.165, 1.54) is 0 Å². The summed E-state index contributed by atoms with van der Waals surface area (Å²) in [6.07, 6.45) is 7.74. The molecule has 1 saturated heterocycles. The van der Waals surface area contributed by atoms with Gasteiger partial charge in [0.25, 0.3) is 0 Å². The molecule has 40 heavy (non-hydrogen) atoms. The number of nitrogens with zero attached hydrogens (tertiary/aromatic N) is 4. The minimum atomic E-state index is -0.802. The fourth-order valence-corrected chi connectivity index (χ4v) is 4.78. The summed E-state index contributed by atoms with van der Waals surface area (Å²) in [5.41, 5.74) is 2.95. The molecule has 1 unspecified atom stereocenters. The molecule has 2 aromatic carbocycles. The lowest BCUT2D eigenvalue weighted by atomic mass is 10.0. The number of para-hydroxylation sites is 2. The molecule has 2 N–H and O–H groups in total. The summed E-state index contributed by atoms with van der Waals surface area (Å²) in [6.45, 7) is 4.12. The lowest BCUT2D eigenvalue weighted by Gasteiger charge is -2.33. The van der Waals surface area contributed by atoms with Gasteiger partial charge in [0.2, 0.25) is 0 Å². The topological polar surface area (TPSA) is 110 Å². The van der Waals surface area contributed by atoms with Crippen LogP contribution in [0.1, 0.15) is 31.7 Å². The van der Waals surface area contributed by atoms with Crippen molar-refractivity contribution in [2.75, 3.05) is 29.9 Å². The van der Waals surface area contributed by atoms with E-state index in [2.05, 4.69) is 20.2 Å². The second-order valence-electron chi connectivity index (χ2n) is 9.62. The van der Waals surface area contributed by atoms with Crippen LogP contribution in [-0.2, 0) is 11.2 Å². The number of aryl methyl sites for hydroxylation is 1. The summed E-state index contributed by atoms with van der Waals surface area (Å²) in [5, 5.41) is 12.3. The van der Waals surface area contributed by atoms with Crippen molar-refractivity contribution in [1.29, 1.82) is 0 Å². The first kappa shape index (κ1) is 26.9. The Bertz CT molecular complexity index is 1450. The molecule has 4 aromatic rings. The Hall–Kier alpha value is -4.66. The molecule has 0 bridgehead atoms. The molecule has 0 saturated carbocycles. The number of rotatable bonds is 11. The Balaban J connectivity index is 1.26. The highest BCUT2D eigenvalue weighted by Crippen LogP contribution is 2.30. The van der Waals surface area contributed by atoms with E-state index >= 15 is 0 Å². The van der Waals surface area contributed by atoms with Crippen LogP contribution in [0.25, 0.3) is 11.1 Å². The molecule has 0 amide bonds. The predicted octanol–water partition coefficient (Wildman–Crippen LogP) is 5.75. The number of aromatic nitrogens is 3. The molecule has 1 aliphatic heterocycles. The minimum Gasteiger partial charge on any atom is -0.490 e. The van der Waals surface area contributed by atoms with E-state index < -0.39 is 5.97 Å². The van der Waals surface area contributed by atoms with Crippen LogP contribution in [0.2, 0.25) is 0 Å². The number of aliphatic carboxylic acids is 1. The van der Waals surface area contributed by atoms with Gasteiger partial charge in [0.05, 0.1) is 25.5 Å². The molecule has 0 spiro atoms. The fourth-order valence-electron chi connectivity index (χ4n) is 4.78. The molecule has 3 heterocycles. The maximum atomic E-state index is 11.0. The monoisotopic (exact) mass is 539 g/mol. The second-order valence-corrected chi connectivity index (χ2v) is 9.62. The lowest BCUT2D eigenvalue weighted by molar-refractivity contribution is -0.136. The van der Waals surface area contributed by atoms with E-state index in [1.54, 1.807) is 18.6 Å². The Morgan fingerprint density at radius 1 is 1.05 bits per heavy atom. The van der Waals surface area contributed by atoms with E-state index in [4.69, 9.17) is 19.6 Å². The molecule has 9 heteroatoms. The van der Waals surface area contributed by atoms with Crippen LogP contribution >= 0.6 is 0 Å². The molecular weight excluding hydrogens is 506 g/mol. The number of hydrogen-bond acceptors (Lipinski definition) is 8. The van der Waals surface area contributed by atoms with Crippen LogP contribution < -0.4 is 19.7 Å². The van der Waals surface area contributed by atoms with Gasteiger partial charge in [-0.3, -0.25) is 9.78 Å². The predicted molar refractivity (Wildman–Crippen MR) is 154 cm³/mol. The zero-order valence-corrected chi connectivity index (χ0v) is 22.5. The highest BCUT2D eigenvalue weighted by atomic mass is 16.5. The number of nitrogens with one attached hydrogen (secondary N) is 1. The van der Waals surface area contributed by atoms with E-state index in [0.29, 0.717) is 31.2 Å². The molecule has 1 fully saturated rings. The molecular formula is C31H33N5O4. The number of anilines is 3. The van der Waals surface area contributed by atoms with Gasteiger partial charge < -0.3 is 24.8 Å². The molecule has 2 aromatic heterocycles. The molecule has 1 aliphatic rings. The van der Waals surface area contributed by atoms with E-state index in [1.807, 2.05) is 67.6 Å². The SMILES string of the molecule is CCOc1ccccc1OC1CCCN(c2cncc(Nc3cc(-c4cccc(CCC(=O)O)c4)ccn3)n2)C1. The Kier molecular flexibility index (Phi) is 8.70. The van der Waals surface area contributed by atoms with E-state index in [-0.39, 0.29) is 12.5 Å². The number of carbonyl (C=O) groups is 1. The smallest absolute Gasteiger partial charge is 0.303 e. The van der Waals surface area contributed by atoms with Crippen LogP contribution in [0.15, 0.2) is 79.3 Å². The highest BCUT2D eigenvalue weighted by Gasteiger charge is 2.24. The molecule has 9 nitrogen and oxygen atoms in total. The molecule has 5 rings (SSSR count). The second kappa shape index (κ2) is 12.9. The zero-order valence-electron chi connectivity index (χ0n) is 22.5. The van der Waals surface area contributed by atoms with Gasteiger partial charge in [0.1, 0.15) is 17.7 Å². The van der Waals surface area contributed by atoms with Crippen molar-refractivity contribution < 1.29 is 19.4 Å². The largest absolute Gasteiger partial charge is 0.490 e.